The van der Waals surface area contributed by atoms with Gasteiger partial charge >= 0.3 is 0 Å². The number of anilines is 2. The number of halogens is 2. The van der Waals surface area contributed by atoms with E-state index in [1.54, 1.807) is 24.3 Å². The van der Waals surface area contributed by atoms with E-state index >= 15 is 0 Å². The summed E-state index contributed by atoms with van der Waals surface area (Å²) < 4.78 is 37.7. The van der Waals surface area contributed by atoms with Crippen molar-refractivity contribution in [2.75, 3.05) is 24.4 Å². The molecule has 0 fully saturated rings. The molecule has 2 amide bonds. The van der Waals surface area contributed by atoms with Gasteiger partial charge in [0.05, 0.1) is 25.5 Å². The van der Waals surface area contributed by atoms with E-state index < -0.39 is 23.4 Å². The Morgan fingerprint density at radius 3 is 2.16 bits per heavy atom. The number of hydrogen-bond donors (Lipinski definition) is 1. The molecule has 1 N–H and O–H groups in total. The van der Waals surface area contributed by atoms with Crippen LogP contribution in [0.5, 0.6) is 11.5 Å². The fourth-order valence-corrected chi connectivity index (χ4v) is 3.44. The molecule has 0 aromatic heterocycles. The molecule has 32 heavy (non-hydrogen) atoms. The van der Waals surface area contributed by atoms with E-state index in [4.69, 9.17) is 9.47 Å². The molecule has 0 saturated heterocycles. The standard InChI is InChI=1S/C24H18F2N2O4/c1-31-19-11-6-14(12-20(19)32-2)21-22(27-17-5-3-4-16(26)13-17)24(30)28(23(21)29)18-9-7-15(25)8-10-18/h3-13,27H,1-2H3. The first-order valence-electron chi connectivity index (χ1n) is 9.56. The summed E-state index contributed by atoms with van der Waals surface area (Å²) in [5.41, 5.74) is 0.904. The van der Waals surface area contributed by atoms with E-state index in [1.165, 1.54) is 44.6 Å². The van der Waals surface area contributed by atoms with E-state index in [1.807, 2.05) is 0 Å². The molecule has 4 rings (SSSR count). The largest absolute Gasteiger partial charge is 0.493 e. The third-order valence-electron chi connectivity index (χ3n) is 4.93. The topological polar surface area (TPSA) is 67.9 Å². The molecule has 0 radical (unpaired) electrons. The summed E-state index contributed by atoms with van der Waals surface area (Å²) in [6.45, 7) is 0. The number of nitrogens with one attached hydrogen (secondary N) is 1. The van der Waals surface area contributed by atoms with Gasteiger partial charge in [0.1, 0.15) is 17.3 Å². The van der Waals surface area contributed by atoms with Gasteiger partial charge in [-0.05, 0) is 60.2 Å². The van der Waals surface area contributed by atoms with Crippen molar-refractivity contribution in [2.45, 2.75) is 0 Å². The van der Waals surface area contributed by atoms with Crippen LogP contribution in [0.15, 0.2) is 72.4 Å². The Balaban J connectivity index is 1.85. The predicted molar refractivity (Wildman–Crippen MR) is 115 cm³/mol. The third-order valence-corrected chi connectivity index (χ3v) is 4.93. The monoisotopic (exact) mass is 436 g/mol. The zero-order chi connectivity index (χ0) is 22.8. The third kappa shape index (κ3) is 3.78. The average Bonchev–Trinajstić information content (AvgIpc) is 3.03. The Morgan fingerprint density at radius 1 is 0.781 bits per heavy atom. The zero-order valence-electron chi connectivity index (χ0n) is 17.2. The van der Waals surface area contributed by atoms with Gasteiger partial charge in [-0.2, -0.15) is 0 Å². The van der Waals surface area contributed by atoms with E-state index in [0.29, 0.717) is 22.7 Å². The molecule has 0 atom stereocenters. The fraction of sp³-hybridized carbons (Fsp3) is 0.0833. The summed E-state index contributed by atoms with van der Waals surface area (Å²) in [5, 5.41) is 2.87. The summed E-state index contributed by atoms with van der Waals surface area (Å²) in [6.07, 6.45) is 0. The van der Waals surface area contributed by atoms with Crippen LogP contribution in [0.1, 0.15) is 5.56 Å². The van der Waals surface area contributed by atoms with E-state index in [2.05, 4.69) is 5.32 Å². The summed E-state index contributed by atoms with van der Waals surface area (Å²) in [6, 6.07) is 15.3. The molecule has 162 valence electrons. The smallest absolute Gasteiger partial charge is 0.282 e. The van der Waals surface area contributed by atoms with Crippen LogP contribution >= 0.6 is 0 Å². The van der Waals surface area contributed by atoms with Crippen LogP contribution < -0.4 is 19.7 Å². The highest BCUT2D eigenvalue weighted by Crippen LogP contribution is 2.37. The molecule has 0 aliphatic carbocycles. The Hall–Kier alpha value is -4.20. The summed E-state index contributed by atoms with van der Waals surface area (Å²) in [4.78, 5) is 27.6. The molecule has 1 aliphatic rings. The molecule has 3 aromatic carbocycles. The van der Waals surface area contributed by atoms with Crippen LogP contribution in [0.25, 0.3) is 5.57 Å². The molecule has 3 aromatic rings. The lowest BCUT2D eigenvalue weighted by Gasteiger charge is -2.15. The highest BCUT2D eigenvalue weighted by Gasteiger charge is 2.40. The molecule has 0 bridgehead atoms. The Bertz CT molecular complexity index is 1240. The van der Waals surface area contributed by atoms with E-state index in [-0.39, 0.29) is 17.0 Å². The lowest BCUT2D eigenvalue weighted by atomic mass is 10.0. The van der Waals surface area contributed by atoms with Gasteiger partial charge in [0, 0.05) is 5.69 Å². The number of hydrogen-bond acceptors (Lipinski definition) is 5. The van der Waals surface area contributed by atoms with Gasteiger partial charge in [-0.25, -0.2) is 13.7 Å². The maximum atomic E-state index is 13.7. The van der Waals surface area contributed by atoms with Gasteiger partial charge in [-0.3, -0.25) is 9.59 Å². The van der Waals surface area contributed by atoms with Gasteiger partial charge in [0.2, 0.25) is 0 Å². The van der Waals surface area contributed by atoms with Crippen LogP contribution in [-0.4, -0.2) is 26.0 Å². The van der Waals surface area contributed by atoms with Gasteiger partial charge in [0.25, 0.3) is 11.8 Å². The molecule has 8 heteroatoms. The number of carbonyl (C=O) groups is 2. The lowest BCUT2D eigenvalue weighted by Crippen LogP contribution is -2.32. The number of rotatable bonds is 6. The molecule has 1 heterocycles. The second-order valence-electron chi connectivity index (χ2n) is 6.88. The van der Waals surface area contributed by atoms with Crippen LogP contribution in [-0.2, 0) is 9.59 Å². The summed E-state index contributed by atoms with van der Waals surface area (Å²) in [7, 11) is 2.93. The average molecular weight is 436 g/mol. The minimum absolute atomic E-state index is 0.0443. The van der Waals surface area contributed by atoms with Crippen LogP contribution in [0, 0.1) is 11.6 Å². The van der Waals surface area contributed by atoms with Gasteiger partial charge < -0.3 is 14.8 Å². The Labute approximate surface area is 182 Å². The molecule has 0 spiro atoms. The van der Waals surface area contributed by atoms with Crippen molar-refractivity contribution in [2.24, 2.45) is 0 Å². The number of ether oxygens (including phenoxy) is 2. The van der Waals surface area contributed by atoms with Crippen LogP contribution in [0.3, 0.4) is 0 Å². The molecular formula is C24H18F2N2O4. The number of benzene rings is 3. The van der Waals surface area contributed by atoms with Crippen LogP contribution in [0.4, 0.5) is 20.2 Å². The van der Waals surface area contributed by atoms with Crippen molar-refractivity contribution in [3.63, 3.8) is 0 Å². The SMILES string of the molecule is COc1ccc(C2=C(Nc3cccc(F)c3)C(=O)N(c3ccc(F)cc3)C2=O)cc1OC. The van der Waals surface area contributed by atoms with Gasteiger partial charge in [-0.1, -0.05) is 12.1 Å². The van der Waals surface area contributed by atoms with Gasteiger partial charge in [-0.15, -0.1) is 0 Å². The molecule has 1 aliphatic heterocycles. The highest BCUT2D eigenvalue weighted by molar-refractivity contribution is 6.46. The molecule has 6 nitrogen and oxygen atoms in total. The first kappa shape index (κ1) is 21.0. The highest BCUT2D eigenvalue weighted by atomic mass is 19.1. The lowest BCUT2D eigenvalue weighted by molar-refractivity contribution is -0.120. The Kier molecular flexibility index (Phi) is 5.59. The second kappa shape index (κ2) is 8.50. The van der Waals surface area contributed by atoms with Crippen molar-refractivity contribution in [1.29, 1.82) is 0 Å². The minimum Gasteiger partial charge on any atom is -0.493 e. The number of nitrogens with zero attached hydrogens (tertiary/aromatic N) is 1. The Morgan fingerprint density at radius 2 is 1.50 bits per heavy atom. The normalized spacial score (nSPS) is 13.6. The quantitative estimate of drug-likeness (QED) is 0.581. The van der Waals surface area contributed by atoms with Crippen molar-refractivity contribution in [3.8, 4) is 11.5 Å². The first-order chi connectivity index (χ1) is 15.4. The van der Waals surface area contributed by atoms with Crippen molar-refractivity contribution >= 4 is 28.8 Å². The fourth-order valence-electron chi connectivity index (χ4n) is 3.44. The minimum atomic E-state index is -0.657. The van der Waals surface area contributed by atoms with E-state index in [0.717, 1.165) is 17.0 Å². The molecular weight excluding hydrogens is 418 g/mol. The zero-order valence-corrected chi connectivity index (χ0v) is 17.2. The van der Waals surface area contributed by atoms with Crippen molar-refractivity contribution in [3.05, 3.63) is 89.6 Å². The maximum absolute atomic E-state index is 13.7. The van der Waals surface area contributed by atoms with Crippen molar-refractivity contribution < 1.29 is 27.8 Å². The second-order valence-corrected chi connectivity index (χ2v) is 6.88. The van der Waals surface area contributed by atoms with Crippen LogP contribution in [0.2, 0.25) is 0 Å². The van der Waals surface area contributed by atoms with Gasteiger partial charge in [0.15, 0.2) is 11.5 Å². The predicted octanol–water partition coefficient (Wildman–Crippen LogP) is 4.38. The molecule has 0 unspecified atom stereocenters. The maximum Gasteiger partial charge on any atom is 0.282 e. The van der Waals surface area contributed by atoms with E-state index in [9.17, 15) is 18.4 Å². The number of methoxy groups -OCH3 is 2. The summed E-state index contributed by atoms with van der Waals surface area (Å²) in [5.74, 6) is -1.47. The first-order valence-corrected chi connectivity index (χ1v) is 9.56. The van der Waals surface area contributed by atoms with Crippen molar-refractivity contribution in [1.82, 2.24) is 0 Å². The number of carbonyl (C=O) groups excluding carboxylic acids is 2. The number of imide groups is 1. The molecule has 0 saturated carbocycles. The number of amides is 2. The summed E-state index contributed by atoms with van der Waals surface area (Å²) >= 11 is 0.